The van der Waals surface area contributed by atoms with Gasteiger partial charge in [0.15, 0.2) is 5.75 Å². The first-order chi connectivity index (χ1) is 9.02. The standard InChI is InChI=1S/C12H14FNO5/c1-2-18-12-9(15)6-11(12)19-10-5-7(13)3-4-8(10)14(16)17/h3-5,9,11-12,15H,2,6H2,1H3. The maximum Gasteiger partial charge on any atom is 0.311 e. The number of aliphatic hydroxyl groups is 1. The van der Waals surface area contributed by atoms with Crippen LogP contribution in [0.5, 0.6) is 5.75 Å². The van der Waals surface area contributed by atoms with Crippen LogP contribution in [0.1, 0.15) is 13.3 Å². The highest BCUT2D eigenvalue weighted by molar-refractivity contribution is 5.46. The van der Waals surface area contributed by atoms with Crippen molar-refractivity contribution < 1.29 is 23.9 Å². The van der Waals surface area contributed by atoms with Crippen LogP contribution in [0.25, 0.3) is 0 Å². The molecule has 3 unspecified atom stereocenters. The molecular formula is C12H14FNO5. The number of halogens is 1. The van der Waals surface area contributed by atoms with E-state index in [0.717, 1.165) is 18.2 Å². The molecule has 6 nitrogen and oxygen atoms in total. The van der Waals surface area contributed by atoms with E-state index < -0.39 is 29.1 Å². The van der Waals surface area contributed by atoms with Crippen molar-refractivity contribution in [3.05, 3.63) is 34.1 Å². The van der Waals surface area contributed by atoms with Crippen molar-refractivity contribution in [3.63, 3.8) is 0 Å². The third-order valence-corrected chi connectivity index (χ3v) is 2.98. The summed E-state index contributed by atoms with van der Waals surface area (Å²) in [5, 5.41) is 20.3. The molecule has 7 heteroatoms. The second-order valence-electron chi connectivity index (χ2n) is 4.25. The molecule has 1 aromatic rings. The Bertz CT molecular complexity index is 481. The number of nitrogens with zero attached hydrogens (tertiary/aromatic N) is 1. The second-order valence-corrected chi connectivity index (χ2v) is 4.25. The van der Waals surface area contributed by atoms with Crippen LogP contribution in [0.15, 0.2) is 18.2 Å². The number of benzene rings is 1. The van der Waals surface area contributed by atoms with Crippen molar-refractivity contribution in [1.29, 1.82) is 0 Å². The number of aliphatic hydroxyl groups excluding tert-OH is 1. The molecule has 104 valence electrons. The molecule has 1 aliphatic rings. The van der Waals surface area contributed by atoms with Gasteiger partial charge in [0.25, 0.3) is 0 Å². The molecule has 1 fully saturated rings. The number of hydrogen-bond donors (Lipinski definition) is 1. The minimum atomic E-state index is -0.655. The zero-order valence-corrected chi connectivity index (χ0v) is 10.3. The molecule has 0 radical (unpaired) electrons. The minimum Gasteiger partial charge on any atom is -0.480 e. The zero-order chi connectivity index (χ0) is 14.0. The first-order valence-electron chi connectivity index (χ1n) is 5.93. The largest absolute Gasteiger partial charge is 0.480 e. The van der Waals surface area contributed by atoms with E-state index in [1.807, 2.05) is 0 Å². The second kappa shape index (κ2) is 5.50. The van der Waals surface area contributed by atoms with E-state index in [2.05, 4.69) is 0 Å². The van der Waals surface area contributed by atoms with Gasteiger partial charge in [-0.2, -0.15) is 0 Å². The van der Waals surface area contributed by atoms with E-state index in [-0.39, 0.29) is 11.4 Å². The Morgan fingerprint density at radius 1 is 1.58 bits per heavy atom. The lowest BCUT2D eigenvalue weighted by Gasteiger charge is -2.40. The molecule has 1 saturated carbocycles. The summed E-state index contributed by atoms with van der Waals surface area (Å²) in [6.07, 6.45) is -1.39. The van der Waals surface area contributed by atoms with Gasteiger partial charge in [-0.1, -0.05) is 0 Å². The van der Waals surface area contributed by atoms with Crippen molar-refractivity contribution in [2.45, 2.75) is 31.7 Å². The van der Waals surface area contributed by atoms with Gasteiger partial charge < -0.3 is 14.6 Å². The van der Waals surface area contributed by atoms with E-state index in [0.29, 0.717) is 13.0 Å². The first kappa shape index (κ1) is 13.7. The average molecular weight is 271 g/mol. The Hall–Kier alpha value is -1.73. The highest BCUT2D eigenvalue weighted by Gasteiger charge is 2.43. The van der Waals surface area contributed by atoms with E-state index in [4.69, 9.17) is 9.47 Å². The van der Waals surface area contributed by atoms with Gasteiger partial charge in [0.05, 0.1) is 11.0 Å². The molecule has 0 spiro atoms. The maximum absolute atomic E-state index is 13.1. The van der Waals surface area contributed by atoms with Crippen LogP contribution in [0.4, 0.5) is 10.1 Å². The topological polar surface area (TPSA) is 81.8 Å². The summed E-state index contributed by atoms with van der Waals surface area (Å²) in [7, 11) is 0. The number of nitro benzene ring substituents is 1. The lowest BCUT2D eigenvalue weighted by atomic mass is 9.88. The maximum atomic E-state index is 13.1. The molecule has 1 aliphatic carbocycles. The third-order valence-electron chi connectivity index (χ3n) is 2.98. The fourth-order valence-electron chi connectivity index (χ4n) is 1.98. The van der Waals surface area contributed by atoms with Gasteiger partial charge in [0, 0.05) is 25.2 Å². The third kappa shape index (κ3) is 2.82. The Morgan fingerprint density at radius 3 is 2.89 bits per heavy atom. The minimum absolute atomic E-state index is 0.147. The average Bonchev–Trinajstić information content (AvgIpc) is 2.35. The molecule has 19 heavy (non-hydrogen) atoms. The number of hydrogen-bond acceptors (Lipinski definition) is 5. The van der Waals surface area contributed by atoms with Gasteiger partial charge in [0.2, 0.25) is 0 Å². The van der Waals surface area contributed by atoms with E-state index in [1.54, 1.807) is 6.92 Å². The summed E-state index contributed by atoms with van der Waals surface area (Å²) in [5.41, 5.74) is -0.307. The summed E-state index contributed by atoms with van der Waals surface area (Å²) in [6.45, 7) is 2.17. The smallest absolute Gasteiger partial charge is 0.311 e. The van der Waals surface area contributed by atoms with Crippen molar-refractivity contribution in [2.24, 2.45) is 0 Å². The quantitative estimate of drug-likeness (QED) is 0.650. The van der Waals surface area contributed by atoms with Gasteiger partial charge in [-0.25, -0.2) is 4.39 Å². The number of rotatable bonds is 5. The van der Waals surface area contributed by atoms with Crippen LogP contribution in [-0.4, -0.2) is 34.9 Å². The van der Waals surface area contributed by atoms with Crippen LogP contribution in [-0.2, 0) is 4.74 Å². The monoisotopic (exact) mass is 271 g/mol. The predicted octanol–water partition coefficient (Wildman–Crippen LogP) is 1.65. The van der Waals surface area contributed by atoms with Crippen molar-refractivity contribution >= 4 is 5.69 Å². The van der Waals surface area contributed by atoms with E-state index >= 15 is 0 Å². The molecule has 0 aliphatic heterocycles. The molecule has 0 bridgehead atoms. The Morgan fingerprint density at radius 2 is 2.32 bits per heavy atom. The van der Waals surface area contributed by atoms with Gasteiger partial charge in [-0.3, -0.25) is 10.1 Å². The van der Waals surface area contributed by atoms with Crippen molar-refractivity contribution in [3.8, 4) is 5.75 Å². The van der Waals surface area contributed by atoms with Crippen LogP contribution < -0.4 is 4.74 Å². The summed E-state index contributed by atoms with van der Waals surface area (Å²) in [5.74, 6) is -0.764. The van der Waals surface area contributed by atoms with Gasteiger partial charge in [-0.05, 0) is 13.0 Å². The van der Waals surface area contributed by atoms with Crippen LogP contribution >= 0.6 is 0 Å². The van der Waals surface area contributed by atoms with E-state index in [9.17, 15) is 19.6 Å². The summed E-state index contributed by atoms with van der Waals surface area (Å²) in [4.78, 5) is 10.2. The lowest BCUT2D eigenvalue weighted by Crippen LogP contribution is -2.55. The molecule has 0 heterocycles. The molecule has 0 amide bonds. The Balaban J connectivity index is 2.15. The SMILES string of the molecule is CCOC1C(O)CC1Oc1cc(F)ccc1[N+](=O)[O-]. The Labute approximate surface area is 108 Å². The highest BCUT2D eigenvalue weighted by Crippen LogP contribution is 2.34. The first-order valence-corrected chi connectivity index (χ1v) is 5.93. The summed E-state index contributed by atoms with van der Waals surface area (Å²) < 4.78 is 23.8. The van der Waals surface area contributed by atoms with Gasteiger partial charge in [-0.15, -0.1) is 0 Å². The fourth-order valence-corrected chi connectivity index (χ4v) is 1.98. The highest BCUT2D eigenvalue weighted by atomic mass is 19.1. The zero-order valence-electron chi connectivity index (χ0n) is 10.3. The lowest BCUT2D eigenvalue weighted by molar-refractivity contribution is -0.386. The molecule has 0 saturated heterocycles. The number of nitro groups is 1. The summed E-state index contributed by atoms with van der Waals surface area (Å²) in [6, 6.07) is 3.02. The predicted molar refractivity (Wildman–Crippen MR) is 63.5 cm³/mol. The Kier molecular flexibility index (Phi) is 3.96. The van der Waals surface area contributed by atoms with Crippen molar-refractivity contribution in [1.82, 2.24) is 0 Å². The normalized spacial score (nSPS) is 25.7. The summed E-state index contributed by atoms with van der Waals surface area (Å²) >= 11 is 0. The molecule has 3 atom stereocenters. The molecule has 1 N–H and O–H groups in total. The van der Waals surface area contributed by atoms with Crippen molar-refractivity contribution in [2.75, 3.05) is 6.61 Å². The van der Waals surface area contributed by atoms with Crippen LogP contribution in [0.2, 0.25) is 0 Å². The molecule has 2 rings (SSSR count). The van der Waals surface area contributed by atoms with E-state index in [1.165, 1.54) is 0 Å². The fraction of sp³-hybridized carbons (Fsp3) is 0.500. The molecule has 1 aromatic carbocycles. The van der Waals surface area contributed by atoms with Gasteiger partial charge in [0.1, 0.15) is 18.0 Å². The number of ether oxygens (including phenoxy) is 2. The molecular weight excluding hydrogens is 257 g/mol. The van der Waals surface area contributed by atoms with Gasteiger partial charge >= 0.3 is 5.69 Å². The molecule has 0 aromatic heterocycles. The van der Waals surface area contributed by atoms with Crippen LogP contribution in [0, 0.1) is 15.9 Å². The van der Waals surface area contributed by atoms with Crippen LogP contribution in [0.3, 0.4) is 0 Å².